The first-order valence-corrected chi connectivity index (χ1v) is 7.75. The molecule has 0 atom stereocenters. The van der Waals surface area contributed by atoms with Crippen LogP contribution in [0.15, 0.2) is 48.5 Å². The van der Waals surface area contributed by atoms with Crippen LogP contribution in [-0.4, -0.2) is 32.2 Å². The summed E-state index contributed by atoms with van der Waals surface area (Å²) < 4.78 is 10.5. The van der Waals surface area contributed by atoms with Crippen LogP contribution in [0.3, 0.4) is 0 Å². The monoisotopic (exact) mass is 299 g/mol. The highest BCUT2D eigenvalue weighted by Crippen LogP contribution is 2.30. The second-order valence-electron chi connectivity index (χ2n) is 5.17. The Balaban J connectivity index is 2.39. The lowest BCUT2D eigenvalue weighted by Gasteiger charge is -2.30. The maximum absolute atomic E-state index is 5.27. The highest BCUT2D eigenvalue weighted by Gasteiger charge is 2.20. The van der Waals surface area contributed by atoms with Crippen molar-refractivity contribution in [3.8, 4) is 11.5 Å². The molecule has 0 amide bonds. The van der Waals surface area contributed by atoms with Gasteiger partial charge < -0.3 is 9.47 Å². The van der Waals surface area contributed by atoms with E-state index in [1.807, 2.05) is 24.3 Å². The molecule has 0 aliphatic heterocycles. The highest BCUT2D eigenvalue weighted by atomic mass is 16.5. The summed E-state index contributed by atoms with van der Waals surface area (Å²) in [7, 11) is 3.39. The first kappa shape index (κ1) is 16.4. The Morgan fingerprint density at radius 1 is 0.727 bits per heavy atom. The predicted octanol–water partition coefficient (Wildman–Crippen LogP) is 4.14. The number of benzene rings is 2. The number of ether oxygens (including phenoxy) is 2. The van der Waals surface area contributed by atoms with Crippen LogP contribution in [0.1, 0.15) is 31.0 Å². The van der Waals surface area contributed by atoms with Gasteiger partial charge in [0, 0.05) is 0 Å². The van der Waals surface area contributed by atoms with Crippen LogP contribution in [0.2, 0.25) is 0 Å². The van der Waals surface area contributed by atoms with Crippen LogP contribution in [0.25, 0.3) is 0 Å². The van der Waals surface area contributed by atoms with E-state index in [4.69, 9.17) is 9.47 Å². The molecule has 2 rings (SSSR count). The molecule has 0 heterocycles. The second kappa shape index (κ2) is 7.85. The molecule has 0 saturated carbocycles. The molecule has 2 aromatic carbocycles. The Kier molecular flexibility index (Phi) is 5.84. The third-order valence-electron chi connectivity index (χ3n) is 4.04. The molecular weight excluding hydrogens is 274 g/mol. The molecule has 0 spiro atoms. The van der Waals surface area contributed by atoms with Gasteiger partial charge in [0.25, 0.3) is 0 Å². The topological polar surface area (TPSA) is 21.7 Å². The molecule has 0 bridgehead atoms. The molecule has 0 aliphatic carbocycles. The van der Waals surface area contributed by atoms with Crippen LogP contribution >= 0.6 is 0 Å². The third kappa shape index (κ3) is 3.60. The SMILES string of the molecule is CCN(CC)C(c1ccc(OC)cc1)c1ccc(OC)cc1. The molecule has 0 unspecified atom stereocenters. The lowest BCUT2D eigenvalue weighted by molar-refractivity contribution is 0.250. The molecule has 0 aromatic heterocycles. The molecule has 0 fully saturated rings. The largest absolute Gasteiger partial charge is 0.497 e. The number of nitrogens with zero attached hydrogens (tertiary/aromatic N) is 1. The van der Waals surface area contributed by atoms with Crippen LogP contribution in [0, 0.1) is 0 Å². The Bertz CT molecular complexity index is 511. The van der Waals surface area contributed by atoms with Gasteiger partial charge in [0.05, 0.1) is 20.3 Å². The van der Waals surface area contributed by atoms with Gasteiger partial charge in [0.15, 0.2) is 0 Å². The fraction of sp³-hybridized carbons (Fsp3) is 0.368. The molecule has 3 heteroatoms. The number of rotatable bonds is 7. The molecule has 0 radical (unpaired) electrons. The van der Waals surface area contributed by atoms with Crippen molar-refractivity contribution >= 4 is 0 Å². The van der Waals surface area contributed by atoms with Crippen molar-refractivity contribution < 1.29 is 9.47 Å². The van der Waals surface area contributed by atoms with Gasteiger partial charge in [-0.1, -0.05) is 38.1 Å². The Labute approximate surface area is 133 Å². The van der Waals surface area contributed by atoms with E-state index in [2.05, 4.69) is 43.0 Å². The van der Waals surface area contributed by atoms with Crippen LogP contribution < -0.4 is 9.47 Å². The summed E-state index contributed by atoms with van der Waals surface area (Å²) >= 11 is 0. The summed E-state index contributed by atoms with van der Waals surface area (Å²) in [6.07, 6.45) is 0. The molecule has 0 aliphatic rings. The quantitative estimate of drug-likeness (QED) is 0.767. The summed E-state index contributed by atoms with van der Waals surface area (Å²) in [6.45, 7) is 6.39. The number of methoxy groups -OCH3 is 2. The second-order valence-corrected chi connectivity index (χ2v) is 5.17. The Morgan fingerprint density at radius 2 is 1.09 bits per heavy atom. The molecular formula is C19H25NO2. The van der Waals surface area contributed by atoms with E-state index < -0.39 is 0 Å². The van der Waals surface area contributed by atoms with E-state index in [1.165, 1.54) is 11.1 Å². The third-order valence-corrected chi connectivity index (χ3v) is 4.04. The fourth-order valence-electron chi connectivity index (χ4n) is 2.78. The van der Waals surface area contributed by atoms with Crippen LogP contribution in [-0.2, 0) is 0 Å². The summed E-state index contributed by atoms with van der Waals surface area (Å²) in [4.78, 5) is 2.45. The van der Waals surface area contributed by atoms with Crippen molar-refractivity contribution in [3.63, 3.8) is 0 Å². The molecule has 118 valence electrons. The maximum Gasteiger partial charge on any atom is 0.118 e. The number of hydrogen-bond donors (Lipinski definition) is 0. The molecule has 0 N–H and O–H groups in total. The molecule has 3 nitrogen and oxygen atoms in total. The Hall–Kier alpha value is -2.00. The minimum Gasteiger partial charge on any atom is -0.497 e. The minimum absolute atomic E-state index is 0.242. The van der Waals surface area contributed by atoms with Crippen molar-refractivity contribution in [1.29, 1.82) is 0 Å². The van der Waals surface area contributed by atoms with E-state index in [0.717, 1.165) is 24.6 Å². The number of hydrogen-bond acceptors (Lipinski definition) is 3. The minimum atomic E-state index is 0.242. The maximum atomic E-state index is 5.27. The fourth-order valence-corrected chi connectivity index (χ4v) is 2.78. The summed E-state index contributed by atoms with van der Waals surface area (Å²) in [5.74, 6) is 1.77. The summed E-state index contributed by atoms with van der Waals surface area (Å²) in [5.41, 5.74) is 2.55. The van der Waals surface area contributed by atoms with E-state index in [1.54, 1.807) is 14.2 Å². The van der Waals surface area contributed by atoms with Gasteiger partial charge >= 0.3 is 0 Å². The van der Waals surface area contributed by atoms with E-state index in [9.17, 15) is 0 Å². The first-order chi connectivity index (χ1) is 10.7. The van der Waals surface area contributed by atoms with Crippen molar-refractivity contribution in [3.05, 3.63) is 59.7 Å². The van der Waals surface area contributed by atoms with Crippen molar-refractivity contribution in [2.75, 3.05) is 27.3 Å². The smallest absolute Gasteiger partial charge is 0.118 e. The Morgan fingerprint density at radius 3 is 1.36 bits per heavy atom. The zero-order valence-electron chi connectivity index (χ0n) is 13.9. The van der Waals surface area contributed by atoms with Crippen LogP contribution in [0.5, 0.6) is 11.5 Å². The van der Waals surface area contributed by atoms with E-state index in [0.29, 0.717) is 0 Å². The van der Waals surface area contributed by atoms with Gasteiger partial charge in [-0.2, -0.15) is 0 Å². The van der Waals surface area contributed by atoms with Gasteiger partial charge in [0.2, 0.25) is 0 Å². The van der Waals surface area contributed by atoms with E-state index in [-0.39, 0.29) is 6.04 Å². The lowest BCUT2D eigenvalue weighted by Crippen LogP contribution is -2.29. The van der Waals surface area contributed by atoms with Gasteiger partial charge in [-0.25, -0.2) is 0 Å². The van der Waals surface area contributed by atoms with Crippen LogP contribution in [0.4, 0.5) is 0 Å². The lowest BCUT2D eigenvalue weighted by atomic mass is 9.96. The average molecular weight is 299 g/mol. The van der Waals surface area contributed by atoms with Crippen molar-refractivity contribution in [2.24, 2.45) is 0 Å². The first-order valence-electron chi connectivity index (χ1n) is 7.75. The summed E-state index contributed by atoms with van der Waals surface area (Å²) in [5, 5.41) is 0. The molecule has 22 heavy (non-hydrogen) atoms. The molecule has 2 aromatic rings. The predicted molar refractivity (Wildman–Crippen MR) is 90.8 cm³/mol. The summed E-state index contributed by atoms with van der Waals surface area (Å²) in [6, 6.07) is 16.9. The van der Waals surface area contributed by atoms with Gasteiger partial charge in [-0.05, 0) is 48.5 Å². The van der Waals surface area contributed by atoms with E-state index >= 15 is 0 Å². The van der Waals surface area contributed by atoms with Gasteiger partial charge in [-0.15, -0.1) is 0 Å². The standard InChI is InChI=1S/C19H25NO2/c1-5-20(6-2)19(15-7-11-17(21-3)12-8-15)16-9-13-18(22-4)14-10-16/h7-14,19H,5-6H2,1-4H3. The van der Waals surface area contributed by atoms with Crippen molar-refractivity contribution in [2.45, 2.75) is 19.9 Å². The highest BCUT2D eigenvalue weighted by molar-refractivity contribution is 5.37. The average Bonchev–Trinajstić information content (AvgIpc) is 2.60. The molecule has 0 saturated heterocycles. The van der Waals surface area contributed by atoms with Crippen molar-refractivity contribution in [1.82, 2.24) is 4.90 Å². The van der Waals surface area contributed by atoms with Gasteiger partial charge in [-0.3, -0.25) is 4.90 Å². The zero-order chi connectivity index (χ0) is 15.9. The normalized spacial score (nSPS) is 11.0. The van der Waals surface area contributed by atoms with Gasteiger partial charge in [0.1, 0.15) is 11.5 Å². The zero-order valence-corrected chi connectivity index (χ0v) is 13.9.